The standard InChI is InChI=1S/C17H18FN3O3/c1-11-10-21(13-6-4-12(18)5-7-13)19-14(11)15(22)20-9-3-8-17(20,2)16(23)24/h4-7,10H,3,8-9H2,1-2H3,(H,23,24). The van der Waals surface area contributed by atoms with Crippen LogP contribution in [-0.4, -0.2) is 43.7 Å². The Morgan fingerprint density at radius 1 is 1.29 bits per heavy atom. The number of carbonyl (C=O) groups excluding carboxylic acids is 1. The summed E-state index contributed by atoms with van der Waals surface area (Å²) in [6.45, 7) is 3.70. The van der Waals surface area contributed by atoms with Gasteiger partial charge in [0, 0.05) is 18.3 Å². The van der Waals surface area contributed by atoms with Gasteiger partial charge in [0.2, 0.25) is 0 Å². The van der Waals surface area contributed by atoms with Crippen LogP contribution in [0.4, 0.5) is 4.39 Å². The minimum atomic E-state index is -1.21. The predicted octanol–water partition coefficient (Wildman–Crippen LogP) is 2.40. The lowest BCUT2D eigenvalue weighted by atomic mass is 9.99. The Morgan fingerprint density at radius 2 is 1.96 bits per heavy atom. The number of aliphatic carboxylic acids is 1. The number of hydrogen-bond acceptors (Lipinski definition) is 3. The summed E-state index contributed by atoms with van der Waals surface area (Å²) >= 11 is 0. The third-order valence-electron chi connectivity index (χ3n) is 4.54. The molecule has 0 saturated carbocycles. The summed E-state index contributed by atoms with van der Waals surface area (Å²) in [5.74, 6) is -1.76. The number of aromatic nitrogens is 2. The van der Waals surface area contributed by atoms with Crippen molar-refractivity contribution in [3.8, 4) is 5.69 Å². The normalized spacial score (nSPS) is 20.4. The number of nitrogens with zero attached hydrogens (tertiary/aromatic N) is 3. The van der Waals surface area contributed by atoms with Crippen LogP contribution < -0.4 is 0 Å². The number of likely N-dealkylation sites (tertiary alicyclic amines) is 1. The Bertz CT molecular complexity index is 800. The van der Waals surface area contributed by atoms with Gasteiger partial charge < -0.3 is 10.0 Å². The molecule has 24 heavy (non-hydrogen) atoms. The van der Waals surface area contributed by atoms with Crippen LogP contribution in [0.1, 0.15) is 35.8 Å². The number of halogens is 1. The third kappa shape index (κ3) is 2.55. The molecular weight excluding hydrogens is 313 g/mol. The van der Waals surface area contributed by atoms with Gasteiger partial charge >= 0.3 is 5.97 Å². The van der Waals surface area contributed by atoms with Crippen molar-refractivity contribution in [2.45, 2.75) is 32.2 Å². The summed E-state index contributed by atoms with van der Waals surface area (Å²) in [7, 11) is 0. The highest BCUT2D eigenvalue weighted by atomic mass is 19.1. The smallest absolute Gasteiger partial charge is 0.329 e. The van der Waals surface area contributed by atoms with E-state index in [9.17, 15) is 19.1 Å². The largest absolute Gasteiger partial charge is 0.480 e. The highest BCUT2D eigenvalue weighted by molar-refractivity contribution is 5.97. The van der Waals surface area contributed by atoms with Gasteiger partial charge in [0.1, 0.15) is 11.4 Å². The molecule has 0 spiro atoms. The average Bonchev–Trinajstić information content (AvgIpc) is 3.12. The second-order valence-corrected chi connectivity index (χ2v) is 6.22. The number of carbonyl (C=O) groups is 2. The van der Waals surface area contributed by atoms with Crippen LogP contribution >= 0.6 is 0 Å². The van der Waals surface area contributed by atoms with Gasteiger partial charge in [0.25, 0.3) is 5.91 Å². The maximum atomic E-state index is 13.0. The number of amides is 1. The molecule has 2 heterocycles. The fourth-order valence-corrected chi connectivity index (χ4v) is 3.04. The molecule has 1 aliphatic rings. The van der Waals surface area contributed by atoms with Crippen LogP contribution in [0, 0.1) is 12.7 Å². The molecule has 0 radical (unpaired) electrons. The monoisotopic (exact) mass is 331 g/mol. The van der Waals surface area contributed by atoms with Crippen molar-refractivity contribution in [2.75, 3.05) is 6.54 Å². The van der Waals surface area contributed by atoms with E-state index < -0.39 is 17.4 Å². The number of carboxylic acids is 1. The van der Waals surface area contributed by atoms with E-state index >= 15 is 0 Å². The Hall–Kier alpha value is -2.70. The molecule has 126 valence electrons. The lowest BCUT2D eigenvalue weighted by Gasteiger charge is -2.30. The number of rotatable bonds is 3. The van der Waals surface area contributed by atoms with Crippen LogP contribution in [-0.2, 0) is 4.79 Å². The first-order chi connectivity index (χ1) is 11.3. The third-order valence-corrected chi connectivity index (χ3v) is 4.54. The van der Waals surface area contributed by atoms with E-state index in [1.54, 1.807) is 32.2 Å². The van der Waals surface area contributed by atoms with Gasteiger partial charge in [-0.05, 0) is 51.0 Å². The Kier molecular flexibility index (Phi) is 3.87. The summed E-state index contributed by atoms with van der Waals surface area (Å²) in [5, 5.41) is 13.8. The molecule has 1 N–H and O–H groups in total. The maximum absolute atomic E-state index is 13.0. The minimum absolute atomic E-state index is 0.216. The molecule has 1 unspecified atom stereocenters. The van der Waals surface area contributed by atoms with E-state index in [0.717, 1.165) is 0 Å². The molecule has 6 nitrogen and oxygen atoms in total. The molecule has 0 bridgehead atoms. The number of carboxylic acid groups (broad SMARTS) is 1. The van der Waals surface area contributed by atoms with Gasteiger partial charge in [-0.1, -0.05) is 0 Å². The first kappa shape index (κ1) is 16.2. The molecule has 3 rings (SSSR count). The van der Waals surface area contributed by atoms with Crippen LogP contribution in [0.3, 0.4) is 0 Å². The minimum Gasteiger partial charge on any atom is -0.480 e. The Labute approximate surface area is 138 Å². The molecule has 2 aromatic rings. The van der Waals surface area contributed by atoms with E-state index in [1.807, 2.05) is 0 Å². The molecule has 1 amide bonds. The van der Waals surface area contributed by atoms with Gasteiger partial charge in [-0.25, -0.2) is 13.9 Å². The van der Waals surface area contributed by atoms with E-state index in [2.05, 4.69) is 5.10 Å². The molecule has 1 aliphatic heterocycles. The Balaban J connectivity index is 1.94. The van der Waals surface area contributed by atoms with Crippen molar-refractivity contribution in [1.29, 1.82) is 0 Å². The molecule has 1 aromatic carbocycles. The first-order valence-corrected chi connectivity index (χ1v) is 7.70. The fourth-order valence-electron chi connectivity index (χ4n) is 3.04. The van der Waals surface area contributed by atoms with Crippen molar-refractivity contribution in [3.63, 3.8) is 0 Å². The first-order valence-electron chi connectivity index (χ1n) is 7.70. The summed E-state index contributed by atoms with van der Waals surface area (Å²) in [6.07, 6.45) is 2.74. The quantitative estimate of drug-likeness (QED) is 0.937. The van der Waals surface area contributed by atoms with E-state index in [-0.39, 0.29) is 11.5 Å². The van der Waals surface area contributed by atoms with E-state index in [0.29, 0.717) is 30.6 Å². The molecule has 1 saturated heterocycles. The zero-order valence-corrected chi connectivity index (χ0v) is 13.5. The molecule has 7 heteroatoms. The van der Waals surface area contributed by atoms with Crippen LogP contribution in [0.15, 0.2) is 30.5 Å². The van der Waals surface area contributed by atoms with Crippen molar-refractivity contribution in [2.24, 2.45) is 0 Å². The molecule has 1 atom stereocenters. The summed E-state index contributed by atoms with van der Waals surface area (Å²) in [4.78, 5) is 25.7. The van der Waals surface area contributed by atoms with Crippen molar-refractivity contribution in [3.05, 3.63) is 47.5 Å². The second kappa shape index (κ2) is 5.74. The van der Waals surface area contributed by atoms with Crippen LogP contribution in [0.2, 0.25) is 0 Å². The van der Waals surface area contributed by atoms with E-state index in [1.165, 1.54) is 21.7 Å². The van der Waals surface area contributed by atoms with Gasteiger partial charge in [0.15, 0.2) is 5.69 Å². The number of aryl methyl sites for hydroxylation is 1. The molecule has 1 fully saturated rings. The summed E-state index contributed by atoms with van der Waals surface area (Å²) in [6, 6.07) is 5.76. The summed E-state index contributed by atoms with van der Waals surface area (Å²) < 4.78 is 14.5. The highest BCUT2D eigenvalue weighted by Crippen LogP contribution is 2.31. The lowest BCUT2D eigenvalue weighted by molar-refractivity contribution is -0.147. The topological polar surface area (TPSA) is 75.4 Å². The van der Waals surface area contributed by atoms with Crippen LogP contribution in [0.25, 0.3) is 5.69 Å². The predicted molar refractivity (Wildman–Crippen MR) is 84.6 cm³/mol. The second-order valence-electron chi connectivity index (χ2n) is 6.22. The van der Waals surface area contributed by atoms with Gasteiger partial charge in [-0.15, -0.1) is 0 Å². The Morgan fingerprint density at radius 3 is 2.58 bits per heavy atom. The summed E-state index contributed by atoms with van der Waals surface area (Å²) in [5.41, 5.74) is 0.280. The average molecular weight is 331 g/mol. The molecule has 0 aliphatic carbocycles. The van der Waals surface area contributed by atoms with E-state index in [4.69, 9.17) is 0 Å². The SMILES string of the molecule is Cc1cn(-c2ccc(F)cc2)nc1C(=O)N1CCCC1(C)C(=O)O. The zero-order valence-electron chi connectivity index (χ0n) is 13.5. The molecular formula is C17H18FN3O3. The van der Waals surface area contributed by atoms with Crippen LogP contribution in [0.5, 0.6) is 0 Å². The highest BCUT2D eigenvalue weighted by Gasteiger charge is 2.46. The fraction of sp³-hybridized carbons (Fsp3) is 0.353. The van der Waals surface area contributed by atoms with Gasteiger partial charge in [0.05, 0.1) is 5.69 Å². The molecule has 1 aromatic heterocycles. The maximum Gasteiger partial charge on any atom is 0.329 e. The van der Waals surface area contributed by atoms with Crippen molar-refractivity contribution < 1.29 is 19.1 Å². The zero-order chi connectivity index (χ0) is 17.5. The number of benzene rings is 1. The van der Waals surface area contributed by atoms with Gasteiger partial charge in [-0.3, -0.25) is 4.79 Å². The lowest BCUT2D eigenvalue weighted by Crippen LogP contribution is -2.51. The van der Waals surface area contributed by atoms with Crippen molar-refractivity contribution >= 4 is 11.9 Å². The van der Waals surface area contributed by atoms with Crippen molar-refractivity contribution in [1.82, 2.24) is 14.7 Å². The number of hydrogen-bond donors (Lipinski definition) is 1. The van der Waals surface area contributed by atoms with Gasteiger partial charge in [-0.2, -0.15) is 5.10 Å².